The van der Waals surface area contributed by atoms with E-state index in [-0.39, 0.29) is 5.91 Å². The van der Waals surface area contributed by atoms with Crippen molar-refractivity contribution in [1.29, 1.82) is 0 Å². The summed E-state index contributed by atoms with van der Waals surface area (Å²) in [5.74, 6) is -0.168. The van der Waals surface area contributed by atoms with E-state index in [1.54, 1.807) is 30.3 Å². The molecule has 2 rings (SSSR count). The molecular weight excluding hydrogens is 349 g/mol. The summed E-state index contributed by atoms with van der Waals surface area (Å²) in [6, 6.07) is 12.4. The largest absolute Gasteiger partial charge is 0.348 e. The molecule has 0 bridgehead atoms. The molecule has 5 heteroatoms. The van der Waals surface area contributed by atoms with Crippen molar-refractivity contribution in [2.24, 2.45) is 0 Å². The molecule has 0 aromatic heterocycles. The Bertz CT molecular complexity index is 579. The minimum Gasteiger partial charge on any atom is -0.348 e. The first kappa shape index (κ1) is 14.4. The monoisotopic (exact) mass is 357 g/mol. The van der Waals surface area contributed by atoms with Gasteiger partial charge in [0.15, 0.2) is 0 Å². The van der Waals surface area contributed by atoms with Crippen LogP contribution in [0, 0.1) is 0 Å². The Labute approximate surface area is 129 Å². The Morgan fingerprint density at radius 1 is 1.05 bits per heavy atom. The Hall–Kier alpha value is -1.03. The summed E-state index contributed by atoms with van der Waals surface area (Å²) >= 11 is 15.0. The zero-order chi connectivity index (χ0) is 13.8. The SMILES string of the molecule is O=C(NCc1ccc(Cl)cc1)c1cc(Cl)cc(Br)c1. The molecule has 0 spiro atoms. The number of rotatable bonds is 3. The fraction of sp³-hybridized carbons (Fsp3) is 0.0714. The van der Waals surface area contributed by atoms with Gasteiger partial charge in [-0.15, -0.1) is 0 Å². The van der Waals surface area contributed by atoms with Gasteiger partial charge in [-0.05, 0) is 35.9 Å². The highest BCUT2D eigenvalue weighted by atomic mass is 79.9. The van der Waals surface area contributed by atoms with Gasteiger partial charge in [-0.2, -0.15) is 0 Å². The van der Waals surface area contributed by atoms with Crippen molar-refractivity contribution in [2.75, 3.05) is 0 Å². The van der Waals surface area contributed by atoms with E-state index in [9.17, 15) is 4.79 Å². The molecule has 0 saturated heterocycles. The van der Waals surface area contributed by atoms with Crippen molar-refractivity contribution in [3.63, 3.8) is 0 Å². The highest BCUT2D eigenvalue weighted by molar-refractivity contribution is 9.10. The molecule has 1 amide bonds. The molecule has 0 heterocycles. The van der Waals surface area contributed by atoms with Crippen LogP contribution in [0.15, 0.2) is 46.9 Å². The molecule has 0 atom stereocenters. The second-order valence-electron chi connectivity index (χ2n) is 3.97. The van der Waals surface area contributed by atoms with Gasteiger partial charge in [0, 0.05) is 26.6 Å². The first-order chi connectivity index (χ1) is 9.04. The van der Waals surface area contributed by atoms with Crippen molar-refractivity contribution in [3.8, 4) is 0 Å². The lowest BCUT2D eigenvalue weighted by Gasteiger charge is -2.06. The third-order valence-corrected chi connectivity index (χ3v) is 3.42. The van der Waals surface area contributed by atoms with Crippen LogP contribution >= 0.6 is 39.1 Å². The van der Waals surface area contributed by atoms with Gasteiger partial charge in [-0.3, -0.25) is 4.79 Å². The highest BCUT2D eigenvalue weighted by Crippen LogP contribution is 2.19. The van der Waals surface area contributed by atoms with Crippen molar-refractivity contribution in [2.45, 2.75) is 6.54 Å². The Balaban J connectivity index is 2.03. The number of nitrogens with one attached hydrogen (secondary N) is 1. The van der Waals surface area contributed by atoms with Crippen LogP contribution in [-0.2, 0) is 6.54 Å². The van der Waals surface area contributed by atoms with E-state index in [0.29, 0.717) is 22.2 Å². The van der Waals surface area contributed by atoms with E-state index in [2.05, 4.69) is 21.2 Å². The summed E-state index contributed by atoms with van der Waals surface area (Å²) in [5.41, 5.74) is 1.51. The number of carbonyl (C=O) groups excluding carboxylic acids is 1. The molecule has 0 aliphatic heterocycles. The second-order valence-corrected chi connectivity index (χ2v) is 5.76. The average molecular weight is 359 g/mol. The lowest BCUT2D eigenvalue weighted by atomic mass is 10.2. The fourth-order valence-corrected chi connectivity index (χ4v) is 2.56. The fourth-order valence-electron chi connectivity index (χ4n) is 1.57. The minimum atomic E-state index is -0.168. The van der Waals surface area contributed by atoms with Crippen LogP contribution in [0.2, 0.25) is 10.0 Å². The van der Waals surface area contributed by atoms with Crippen molar-refractivity contribution < 1.29 is 4.79 Å². The maximum Gasteiger partial charge on any atom is 0.251 e. The molecule has 19 heavy (non-hydrogen) atoms. The van der Waals surface area contributed by atoms with Gasteiger partial charge >= 0.3 is 0 Å². The molecule has 1 N–H and O–H groups in total. The van der Waals surface area contributed by atoms with E-state index in [0.717, 1.165) is 10.0 Å². The molecule has 98 valence electrons. The van der Waals surface area contributed by atoms with Gasteiger partial charge in [0.1, 0.15) is 0 Å². The Kier molecular flexibility index (Phi) is 4.86. The van der Waals surface area contributed by atoms with Crippen LogP contribution in [0.4, 0.5) is 0 Å². The second kappa shape index (κ2) is 6.42. The van der Waals surface area contributed by atoms with E-state index in [4.69, 9.17) is 23.2 Å². The topological polar surface area (TPSA) is 29.1 Å². The summed E-state index contributed by atoms with van der Waals surface area (Å²) in [6.45, 7) is 0.445. The highest BCUT2D eigenvalue weighted by Gasteiger charge is 2.07. The van der Waals surface area contributed by atoms with Crippen LogP contribution in [0.25, 0.3) is 0 Å². The van der Waals surface area contributed by atoms with Gasteiger partial charge in [-0.1, -0.05) is 51.3 Å². The van der Waals surface area contributed by atoms with Crippen molar-refractivity contribution in [3.05, 3.63) is 68.1 Å². The molecular formula is C14H10BrCl2NO. The number of halogens is 3. The molecule has 0 saturated carbocycles. The van der Waals surface area contributed by atoms with Gasteiger partial charge in [0.2, 0.25) is 0 Å². The summed E-state index contributed by atoms with van der Waals surface area (Å²) in [7, 11) is 0. The molecule has 0 fully saturated rings. The smallest absolute Gasteiger partial charge is 0.251 e. The van der Waals surface area contributed by atoms with Crippen LogP contribution < -0.4 is 5.32 Å². The number of carbonyl (C=O) groups is 1. The van der Waals surface area contributed by atoms with Crippen LogP contribution in [-0.4, -0.2) is 5.91 Å². The molecule has 2 aromatic rings. The normalized spacial score (nSPS) is 10.3. The maximum atomic E-state index is 12.0. The predicted octanol–water partition coefficient (Wildman–Crippen LogP) is 4.69. The molecule has 0 radical (unpaired) electrons. The van der Waals surface area contributed by atoms with Crippen LogP contribution in [0.5, 0.6) is 0 Å². The Morgan fingerprint density at radius 2 is 1.74 bits per heavy atom. The summed E-state index contributed by atoms with van der Waals surface area (Å²) in [5, 5.41) is 4.02. The minimum absolute atomic E-state index is 0.168. The zero-order valence-electron chi connectivity index (χ0n) is 9.79. The first-order valence-electron chi connectivity index (χ1n) is 5.53. The predicted molar refractivity (Wildman–Crippen MR) is 81.8 cm³/mol. The standard InChI is InChI=1S/C14H10BrCl2NO/c15-11-5-10(6-13(17)7-11)14(19)18-8-9-1-3-12(16)4-2-9/h1-7H,8H2,(H,18,19). The van der Waals surface area contributed by atoms with Crippen molar-refractivity contribution >= 4 is 45.0 Å². The third-order valence-electron chi connectivity index (χ3n) is 2.49. The van der Waals surface area contributed by atoms with Gasteiger partial charge in [0.25, 0.3) is 5.91 Å². The van der Waals surface area contributed by atoms with Gasteiger partial charge in [0.05, 0.1) is 0 Å². The maximum absolute atomic E-state index is 12.0. The summed E-state index contributed by atoms with van der Waals surface area (Å²) < 4.78 is 0.775. The quantitative estimate of drug-likeness (QED) is 0.847. The lowest BCUT2D eigenvalue weighted by molar-refractivity contribution is 0.0951. The van der Waals surface area contributed by atoms with Gasteiger partial charge in [-0.25, -0.2) is 0 Å². The van der Waals surface area contributed by atoms with Crippen LogP contribution in [0.3, 0.4) is 0 Å². The number of benzene rings is 2. The number of hydrogen-bond acceptors (Lipinski definition) is 1. The van der Waals surface area contributed by atoms with E-state index < -0.39 is 0 Å². The molecule has 0 aliphatic carbocycles. The third kappa shape index (κ3) is 4.23. The Morgan fingerprint density at radius 3 is 2.37 bits per heavy atom. The summed E-state index contributed by atoms with van der Waals surface area (Å²) in [4.78, 5) is 12.0. The lowest BCUT2D eigenvalue weighted by Crippen LogP contribution is -2.22. The van der Waals surface area contributed by atoms with E-state index in [1.807, 2.05) is 12.1 Å². The molecule has 0 aliphatic rings. The summed E-state index contributed by atoms with van der Waals surface area (Å²) in [6.07, 6.45) is 0. The van der Waals surface area contributed by atoms with Crippen LogP contribution in [0.1, 0.15) is 15.9 Å². The molecule has 2 nitrogen and oxygen atoms in total. The zero-order valence-corrected chi connectivity index (χ0v) is 12.9. The number of amides is 1. The van der Waals surface area contributed by atoms with Gasteiger partial charge < -0.3 is 5.32 Å². The first-order valence-corrected chi connectivity index (χ1v) is 7.08. The average Bonchev–Trinajstić information content (AvgIpc) is 2.36. The molecule has 2 aromatic carbocycles. The molecule has 0 unspecified atom stereocenters. The van der Waals surface area contributed by atoms with Crippen molar-refractivity contribution in [1.82, 2.24) is 5.32 Å². The van der Waals surface area contributed by atoms with E-state index >= 15 is 0 Å². The van der Waals surface area contributed by atoms with E-state index in [1.165, 1.54) is 0 Å². The number of hydrogen-bond donors (Lipinski definition) is 1.